The molecular formula is C27H31ClN6. The van der Waals surface area contributed by atoms with Gasteiger partial charge in [0.1, 0.15) is 5.82 Å². The van der Waals surface area contributed by atoms with Gasteiger partial charge < -0.3 is 10.2 Å². The van der Waals surface area contributed by atoms with Crippen molar-refractivity contribution in [2.75, 3.05) is 32.6 Å². The summed E-state index contributed by atoms with van der Waals surface area (Å²) in [6.07, 6.45) is 11.1. The fraction of sp³-hybridized carbons (Fsp3) is 0.333. The van der Waals surface area contributed by atoms with Gasteiger partial charge in [-0.15, -0.1) is 0 Å². The Kier molecular flexibility index (Phi) is 7.70. The minimum absolute atomic E-state index is 0.550. The van der Waals surface area contributed by atoms with Gasteiger partial charge in [-0.1, -0.05) is 43.1 Å². The monoisotopic (exact) mass is 474 g/mol. The third kappa shape index (κ3) is 4.88. The molecule has 0 radical (unpaired) electrons. The van der Waals surface area contributed by atoms with Crippen molar-refractivity contribution in [1.29, 1.82) is 0 Å². The molecule has 4 aromatic rings. The number of anilines is 1. The van der Waals surface area contributed by atoms with Crippen LogP contribution in [-0.4, -0.2) is 47.6 Å². The first-order valence-electron chi connectivity index (χ1n) is 11.7. The molecule has 0 unspecified atom stereocenters. The van der Waals surface area contributed by atoms with Crippen LogP contribution in [0.2, 0.25) is 5.02 Å². The normalized spacial score (nSPS) is 13.2. The van der Waals surface area contributed by atoms with Gasteiger partial charge in [0.2, 0.25) is 0 Å². The lowest BCUT2D eigenvalue weighted by Crippen LogP contribution is -2.16. The Morgan fingerprint density at radius 2 is 1.74 bits per heavy atom. The molecule has 0 saturated heterocycles. The van der Waals surface area contributed by atoms with Crippen LogP contribution >= 0.6 is 11.6 Å². The van der Waals surface area contributed by atoms with Crippen molar-refractivity contribution in [3.05, 3.63) is 65.7 Å². The highest BCUT2D eigenvalue weighted by molar-refractivity contribution is 6.33. The van der Waals surface area contributed by atoms with Crippen LogP contribution in [0.25, 0.3) is 33.4 Å². The molecule has 1 aromatic carbocycles. The van der Waals surface area contributed by atoms with E-state index in [4.69, 9.17) is 21.6 Å². The van der Waals surface area contributed by atoms with Gasteiger partial charge in [0.05, 0.1) is 11.7 Å². The van der Waals surface area contributed by atoms with Gasteiger partial charge >= 0.3 is 0 Å². The van der Waals surface area contributed by atoms with E-state index < -0.39 is 0 Å². The molecule has 3 heterocycles. The molecule has 0 spiro atoms. The minimum Gasteiger partial charge on any atom is -0.362 e. The van der Waals surface area contributed by atoms with Crippen LogP contribution in [0.3, 0.4) is 0 Å². The van der Waals surface area contributed by atoms with Crippen molar-refractivity contribution in [3.63, 3.8) is 0 Å². The fourth-order valence-corrected chi connectivity index (χ4v) is 4.28. The van der Waals surface area contributed by atoms with E-state index in [1.54, 1.807) is 6.20 Å². The maximum Gasteiger partial charge on any atom is 0.162 e. The molecule has 0 atom stereocenters. The number of halogens is 1. The summed E-state index contributed by atoms with van der Waals surface area (Å²) in [5.41, 5.74) is 4.86. The van der Waals surface area contributed by atoms with Crippen LogP contribution in [-0.2, 0) is 0 Å². The number of benzene rings is 1. The number of aromatic nitrogens is 4. The average Bonchev–Trinajstić information content (AvgIpc) is 2.83. The number of fused-ring (bicyclic) bond motifs is 1. The number of rotatable bonds is 5. The van der Waals surface area contributed by atoms with E-state index in [9.17, 15) is 0 Å². The van der Waals surface area contributed by atoms with Crippen molar-refractivity contribution in [2.45, 2.75) is 32.1 Å². The zero-order chi connectivity index (χ0) is 24.1. The van der Waals surface area contributed by atoms with Gasteiger partial charge in [0, 0.05) is 59.8 Å². The van der Waals surface area contributed by atoms with E-state index in [1.165, 1.54) is 24.8 Å². The zero-order valence-corrected chi connectivity index (χ0v) is 21.0. The van der Waals surface area contributed by atoms with Crippen LogP contribution in [0.15, 0.2) is 55.1 Å². The Morgan fingerprint density at radius 3 is 2.38 bits per heavy atom. The second-order valence-electron chi connectivity index (χ2n) is 8.62. The van der Waals surface area contributed by atoms with Crippen LogP contribution in [0.4, 0.5) is 5.82 Å². The molecular weight excluding hydrogens is 444 g/mol. The van der Waals surface area contributed by atoms with E-state index in [0.29, 0.717) is 16.8 Å². The lowest BCUT2D eigenvalue weighted by Gasteiger charge is -2.28. The van der Waals surface area contributed by atoms with Gasteiger partial charge in [0.25, 0.3) is 0 Å². The topological polar surface area (TPSA) is 66.8 Å². The standard InChI is InChI=1S/C24H22ClN5.C3H9N/c1-30(2)24-22-18(15-6-5-7-15)12-27-14-21(22)28-23(29-24)17-10-11-26-13-19(17)16-8-3-4-9-20(16)25;1-3-4-2/h3-4,8-15H,5-7H2,1-2H3;4H,3H2,1-2H3. The molecule has 176 valence electrons. The van der Waals surface area contributed by atoms with Crippen molar-refractivity contribution in [1.82, 2.24) is 25.3 Å². The van der Waals surface area contributed by atoms with E-state index in [1.807, 2.05) is 70.1 Å². The molecule has 0 amide bonds. The summed E-state index contributed by atoms with van der Waals surface area (Å²) < 4.78 is 0. The highest BCUT2D eigenvalue weighted by Crippen LogP contribution is 2.42. The number of hydrogen-bond acceptors (Lipinski definition) is 6. The highest BCUT2D eigenvalue weighted by Gasteiger charge is 2.25. The molecule has 0 aliphatic heterocycles. The van der Waals surface area contributed by atoms with Crippen molar-refractivity contribution >= 4 is 28.3 Å². The summed E-state index contributed by atoms with van der Waals surface area (Å²) in [5.74, 6) is 2.12. The van der Waals surface area contributed by atoms with Crippen LogP contribution in [0.1, 0.15) is 37.7 Å². The summed E-state index contributed by atoms with van der Waals surface area (Å²) in [5, 5.41) is 4.71. The second-order valence-corrected chi connectivity index (χ2v) is 9.03. The van der Waals surface area contributed by atoms with Gasteiger partial charge in [0.15, 0.2) is 5.82 Å². The highest BCUT2D eigenvalue weighted by atomic mass is 35.5. The van der Waals surface area contributed by atoms with Crippen molar-refractivity contribution in [3.8, 4) is 22.5 Å². The summed E-state index contributed by atoms with van der Waals surface area (Å²) in [7, 11) is 5.98. The molecule has 1 fully saturated rings. The molecule has 1 saturated carbocycles. The number of pyridine rings is 2. The summed E-state index contributed by atoms with van der Waals surface area (Å²) in [6.45, 7) is 3.14. The third-order valence-corrected chi connectivity index (χ3v) is 6.49. The molecule has 6 nitrogen and oxygen atoms in total. The average molecular weight is 475 g/mol. The number of nitrogens with one attached hydrogen (secondary N) is 1. The van der Waals surface area contributed by atoms with Crippen molar-refractivity contribution in [2.24, 2.45) is 0 Å². The van der Waals surface area contributed by atoms with E-state index >= 15 is 0 Å². The lowest BCUT2D eigenvalue weighted by atomic mass is 9.79. The van der Waals surface area contributed by atoms with Crippen LogP contribution < -0.4 is 10.2 Å². The van der Waals surface area contributed by atoms with Gasteiger partial charge in [-0.25, -0.2) is 9.97 Å². The smallest absolute Gasteiger partial charge is 0.162 e. The van der Waals surface area contributed by atoms with E-state index in [0.717, 1.165) is 40.0 Å². The second kappa shape index (κ2) is 10.9. The van der Waals surface area contributed by atoms with Gasteiger partial charge in [-0.3, -0.25) is 9.97 Å². The van der Waals surface area contributed by atoms with Gasteiger partial charge in [-0.05, 0) is 50.0 Å². The number of hydrogen-bond donors (Lipinski definition) is 1. The maximum absolute atomic E-state index is 6.49. The Morgan fingerprint density at radius 1 is 0.971 bits per heavy atom. The molecule has 5 rings (SSSR count). The largest absolute Gasteiger partial charge is 0.362 e. The van der Waals surface area contributed by atoms with Crippen LogP contribution in [0, 0.1) is 0 Å². The zero-order valence-electron chi connectivity index (χ0n) is 20.2. The molecule has 7 heteroatoms. The number of nitrogens with zero attached hydrogens (tertiary/aromatic N) is 5. The van der Waals surface area contributed by atoms with E-state index in [-0.39, 0.29) is 0 Å². The van der Waals surface area contributed by atoms with Crippen molar-refractivity contribution < 1.29 is 0 Å². The van der Waals surface area contributed by atoms with Gasteiger partial charge in [-0.2, -0.15) is 0 Å². The maximum atomic E-state index is 6.49. The third-order valence-electron chi connectivity index (χ3n) is 6.17. The summed E-state index contributed by atoms with van der Waals surface area (Å²) >= 11 is 6.49. The molecule has 34 heavy (non-hydrogen) atoms. The SMILES string of the molecule is CCNC.CN(C)c1nc(-c2ccncc2-c2ccccc2Cl)nc2cncc(C3CCC3)c12. The quantitative estimate of drug-likeness (QED) is 0.384. The first-order valence-corrected chi connectivity index (χ1v) is 12.1. The Bertz CT molecular complexity index is 1270. The Hall–Kier alpha value is -3.09. The Labute approximate surface area is 206 Å². The summed E-state index contributed by atoms with van der Waals surface area (Å²) in [6, 6.07) is 9.72. The first-order chi connectivity index (χ1) is 16.5. The minimum atomic E-state index is 0.550. The molecule has 0 bridgehead atoms. The Balaban J connectivity index is 0.000000636. The molecule has 3 aromatic heterocycles. The van der Waals surface area contributed by atoms with Crippen LogP contribution in [0.5, 0.6) is 0 Å². The summed E-state index contributed by atoms with van der Waals surface area (Å²) in [4.78, 5) is 20.8. The predicted octanol–water partition coefficient (Wildman–Crippen LogP) is 5.97. The fourth-order valence-electron chi connectivity index (χ4n) is 4.05. The lowest BCUT2D eigenvalue weighted by molar-refractivity contribution is 0.421. The van der Waals surface area contributed by atoms with E-state index in [2.05, 4.69) is 27.1 Å². The molecule has 1 N–H and O–H groups in total. The molecule has 1 aliphatic carbocycles. The first kappa shape index (κ1) is 24.0. The predicted molar refractivity (Wildman–Crippen MR) is 142 cm³/mol. The molecule has 1 aliphatic rings.